The lowest BCUT2D eigenvalue weighted by Gasteiger charge is -2.29. The van der Waals surface area contributed by atoms with Crippen LogP contribution in [-0.4, -0.2) is 0 Å². The van der Waals surface area contributed by atoms with Gasteiger partial charge < -0.3 is 9.80 Å². The van der Waals surface area contributed by atoms with E-state index in [0.717, 1.165) is 41.3 Å². The lowest BCUT2D eigenvalue weighted by Crippen LogP contribution is -2.19. The van der Waals surface area contributed by atoms with Crippen molar-refractivity contribution in [3.8, 4) is 11.1 Å². The van der Waals surface area contributed by atoms with E-state index in [2.05, 4.69) is 202 Å². The summed E-state index contributed by atoms with van der Waals surface area (Å²) in [6.45, 7) is 11.5. The van der Waals surface area contributed by atoms with E-state index in [9.17, 15) is 0 Å². The van der Waals surface area contributed by atoms with Gasteiger partial charge in [-0.15, -0.1) is 0 Å². The predicted octanol–water partition coefficient (Wildman–Crippen LogP) is 14.3. The van der Waals surface area contributed by atoms with E-state index in [1.165, 1.54) is 40.8 Å². The van der Waals surface area contributed by atoms with Crippen LogP contribution in [0.2, 0.25) is 0 Å². The Morgan fingerprint density at radius 2 is 0.796 bits per heavy atom. The van der Waals surface area contributed by atoms with Gasteiger partial charge in [0.2, 0.25) is 0 Å². The van der Waals surface area contributed by atoms with Gasteiger partial charge in [0.05, 0.1) is 0 Å². The fourth-order valence-corrected chi connectivity index (χ4v) is 6.88. The Morgan fingerprint density at radius 1 is 0.449 bits per heavy atom. The van der Waals surface area contributed by atoms with Gasteiger partial charge in [-0.25, -0.2) is 0 Å². The van der Waals surface area contributed by atoms with E-state index in [0.29, 0.717) is 5.92 Å². The molecule has 6 rings (SSSR count). The number of rotatable bonds is 13. The van der Waals surface area contributed by atoms with E-state index in [4.69, 9.17) is 0 Å². The molecule has 0 radical (unpaired) electrons. The van der Waals surface area contributed by atoms with Crippen molar-refractivity contribution in [2.24, 2.45) is 0 Å². The Balaban J connectivity index is 1.28. The molecule has 0 aliphatic rings. The molecule has 0 saturated heterocycles. The molecule has 0 spiro atoms. The van der Waals surface area contributed by atoms with E-state index in [1.807, 2.05) is 0 Å². The van der Waals surface area contributed by atoms with Gasteiger partial charge in [0.1, 0.15) is 0 Å². The molecule has 6 aromatic rings. The maximum absolute atomic E-state index is 2.37. The van der Waals surface area contributed by atoms with Crippen LogP contribution in [0.25, 0.3) is 11.1 Å². The number of hydrogen-bond donors (Lipinski definition) is 0. The zero-order valence-electron chi connectivity index (χ0n) is 29.8. The number of nitrogens with zero attached hydrogens (tertiary/aromatic N) is 2. The van der Waals surface area contributed by atoms with Gasteiger partial charge in [0, 0.05) is 34.1 Å². The molecule has 0 aliphatic carbocycles. The minimum Gasteiger partial charge on any atom is -0.311 e. The summed E-state index contributed by atoms with van der Waals surface area (Å²) in [5.74, 6) is 0.568. The molecule has 0 heterocycles. The number of hydrogen-bond acceptors (Lipinski definition) is 2. The van der Waals surface area contributed by atoms with Crippen LogP contribution in [0, 0.1) is 0 Å². The van der Waals surface area contributed by atoms with Gasteiger partial charge in [-0.05, 0) is 126 Å². The van der Waals surface area contributed by atoms with Crippen LogP contribution in [0.3, 0.4) is 0 Å². The molecule has 49 heavy (non-hydrogen) atoms. The molecule has 0 bridgehead atoms. The average Bonchev–Trinajstić information content (AvgIpc) is 3.17. The van der Waals surface area contributed by atoms with Crippen molar-refractivity contribution < 1.29 is 0 Å². The second-order valence-electron chi connectivity index (χ2n) is 13.5. The molecule has 0 N–H and O–H groups in total. The van der Waals surface area contributed by atoms with Gasteiger partial charge >= 0.3 is 0 Å². The highest BCUT2D eigenvalue weighted by molar-refractivity contribution is 5.80. The van der Waals surface area contributed by atoms with Gasteiger partial charge in [-0.1, -0.05) is 126 Å². The highest BCUT2D eigenvalue weighted by Gasteiger charge is 2.23. The van der Waals surface area contributed by atoms with Gasteiger partial charge in [-0.2, -0.15) is 0 Å². The van der Waals surface area contributed by atoms with Crippen molar-refractivity contribution in [2.75, 3.05) is 9.80 Å². The largest absolute Gasteiger partial charge is 0.311 e. The van der Waals surface area contributed by atoms with Gasteiger partial charge in [0.15, 0.2) is 0 Å². The lowest BCUT2D eigenvalue weighted by atomic mass is 9.78. The van der Waals surface area contributed by atoms with Crippen molar-refractivity contribution in [1.29, 1.82) is 0 Å². The highest BCUT2D eigenvalue weighted by atomic mass is 15.1. The maximum atomic E-state index is 2.37. The quantitative estimate of drug-likeness (QED) is 0.124. The third kappa shape index (κ3) is 7.50. The normalized spacial score (nSPS) is 12.0. The zero-order chi connectivity index (χ0) is 34.2. The molecule has 1 unspecified atom stereocenters. The topological polar surface area (TPSA) is 6.48 Å². The minimum absolute atomic E-state index is 0.197. The van der Waals surface area contributed by atoms with Crippen molar-refractivity contribution >= 4 is 34.1 Å². The van der Waals surface area contributed by atoms with Crippen molar-refractivity contribution in [1.82, 2.24) is 0 Å². The van der Waals surface area contributed by atoms with Crippen LogP contribution in [0.15, 0.2) is 158 Å². The van der Waals surface area contributed by atoms with Gasteiger partial charge in [-0.3, -0.25) is 0 Å². The summed E-state index contributed by atoms with van der Waals surface area (Å²) < 4.78 is 0. The third-order valence-electron chi connectivity index (χ3n) is 10.4. The average molecular weight is 643 g/mol. The van der Waals surface area contributed by atoms with Crippen LogP contribution in [-0.2, 0) is 5.41 Å². The summed E-state index contributed by atoms with van der Waals surface area (Å²) in [6, 6.07) is 57.5. The van der Waals surface area contributed by atoms with Gasteiger partial charge in [0.25, 0.3) is 0 Å². The summed E-state index contributed by atoms with van der Waals surface area (Å²) in [5, 5.41) is 0. The lowest BCUT2D eigenvalue weighted by molar-refractivity contribution is 0.439. The Kier molecular flexibility index (Phi) is 10.6. The van der Waals surface area contributed by atoms with Crippen LogP contribution in [0.5, 0.6) is 0 Å². The molecular formula is C47H50N2. The molecule has 0 fully saturated rings. The summed E-state index contributed by atoms with van der Waals surface area (Å²) in [7, 11) is 0. The summed E-state index contributed by atoms with van der Waals surface area (Å²) >= 11 is 0. The van der Waals surface area contributed by atoms with E-state index < -0.39 is 0 Å². The summed E-state index contributed by atoms with van der Waals surface area (Å²) in [5.41, 5.74) is 12.3. The SMILES string of the molecule is CCCC(C)c1ccc(N(c2ccccc2)c2ccc(-c3ccc(N(c4ccccc4)c4ccc(C(C)(CC)CC)cc4)cc3)cc2)cc1. The molecule has 0 aromatic heterocycles. The van der Waals surface area contributed by atoms with Crippen LogP contribution in [0.1, 0.15) is 77.3 Å². The molecule has 0 saturated carbocycles. The van der Waals surface area contributed by atoms with Crippen molar-refractivity contribution in [3.63, 3.8) is 0 Å². The molecular weight excluding hydrogens is 593 g/mol. The van der Waals surface area contributed by atoms with Crippen LogP contribution >= 0.6 is 0 Å². The first kappa shape index (κ1) is 33.8. The zero-order valence-corrected chi connectivity index (χ0v) is 29.8. The molecule has 0 aliphatic heterocycles. The molecule has 6 aromatic carbocycles. The molecule has 248 valence electrons. The predicted molar refractivity (Wildman–Crippen MR) is 213 cm³/mol. The molecule has 0 amide bonds. The van der Waals surface area contributed by atoms with Crippen molar-refractivity contribution in [3.05, 3.63) is 169 Å². The molecule has 2 nitrogen and oxygen atoms in total. The monoisotopic (exact) mass is 642 g/mol. The first-order chi connectivity index (χ1) is 23.9. The fourth-order valence-electron chi connectivity index (χ4n) is 6.88. The van der Waals surface area contributed by atoms with E-state index in [-0.39, 0.29) is 5.41 Å². The Morgan fingerprint density at radius 3 is 1.16 bits per heavy atom. The fraction of sp³-hybridized carbons (Fsp3) is 0.234. The molecule has 2 heteroatoms. The smallest absolute Gasteiger partial charge is 0.0462 e. The Bertz CT molecular complexity index is 1870. The minimum atomic E-state index is 0.197. The van der Waals surface area contributed by atoms with E-state index in [1.54, 1.807) is 0 Å². The number of anilines is 6. The molecule has 1 atom stereocenters. The Labute approximate surface area is 294 Å². The number of para-hydroxylation sites is 2. The van der Waals surface area contributed by atoms with E-state index >= 15 is 0 Å². The first-order valence-electron chi connectivity index (χ1n) is 18.1. The summed E-state index contributed by atoms with van der Waals surface area (Å²) in [4.78, 5) is 4.69. The second-order valence-corrected chi connectivity index (χ2v) is 13.5. The Hall–Kier alpha value is -5.08. The number of benzene rings is 6. The standard InChI is InChI=1S/C47H50N2/c1-6-15-36(4)37-20-28-43(29-21-37)48(41-16-11-9-12-17-41)44-30-22-38(23-31-44)39-24-32-45(33-25-39)49(42-18-13-10-14-19-42)46-34-26-40(27-35-46)47(5,7-2)8-3/h9-14,16-36H,6-8,15H2,1-5H3. The van der Waals surface area contributed by atoms with Crippen LogP contribution in [0.4, 0.5) is 34.1 Å². The van der Waals surface area contributed by atoms with Crippen LogP contribution < -0.4 is 9.80 Å². The highest BCUT2D eigenvalue weighted by Crippen LogP contribution is 2.39. The summed E-state index contributed by atoms with van der Waals surface area (Å²) in [6.07, 6.45) is 4.66. The maximum Gasteiger partial charge on any atom is 0.0462 e. The third-order valence-corrected chi connectivity index (χ3v) is 10.4. The second kappa shape index (κ2) is 15.4. The van der Waals surface area contributed by atoms with Crippen molar-refractivity contribution in [2.45, 2.75) is 71.6 Å². The first-order valence-corrected chi connectivity index (χ1v) is 18.1.